The summed E-state index contributed by atoms with van der Waals surface area (Å²) in [4.78, 5) is 11.7. The Bertz CT molecular complexity index is 553. The van der Waals surface area contributed by atoms with Crippen molar-refractivity contribution in [2.45, 2.75) is 43.2 Å². The first kappa shape index (κ1) is 19.9. The minimum absolute atomic E-state index is 0.124. The van der Waals surface area contributed by atoms with Gasteiger partial charge in [-0.25, -0.2) is 0 Å². The second-order valence-corrected chi connectivity index (χ2v) is 6.16. The van der Waals surface area contributed by atoms with Crippen LogP contribution in [0, 0.1) is 17.8 Å². The van der Waals surface area contributed by atoms with Crippen LogP contribution in [0.5, 0.6) is 0 Å². The van der Waals surface area contributed by atoms with Crippen LogP contribution in [0.25, 0.3) is 0 Å². The number of carbonyl (C=O) groups is 1. The summed E-state index contributed by atoms with van der Waals surface area (Å²) in [6.45, 7) is -1.40. The zero-order chi connectivity index (χ0) is 19.3. The van der Waals surface area contributed by atoms with Gasteiger partial charge in [0.05, 0.1) is 18.9 Å². The molecular formula is C14H13F9O2. The van der Waals surface area contributed by atoms with Crippen molar-refractivity contribution in [1.29, 1.82) is 0 Å². The van der Waals surface area contributed by atoms with Crippen LogP contribution in [0.15, 0.2) is 12.2 Å². The highest BCUT2D eigenvalue weighted by Crippen LogP contribution is 2.54. The lowest BCUT2D eigenvalue weighted by Gasteiger charge is -2.33. The van der Waals surface area contributed by atoms with E-state index >= 15 is 0 Å². The maximum atomic E-state index is 13.3. The van der Waals surface area contributed by atoms with Gasteiger partial charge in [0.15, 0.2) is 0 Å². The van der Waals surface area contributed by atoms with Gasteiger partial charge in [-0.05, 0) is 24.7 Å². The Balaban J connectivity index is 1.94. The third kappa shape index (κ3) is 3.33. The minimum atomic E-state index is -6.93. The highest BCUT2D eigenvalue weighted by molar-refractivity contribution is 5.74. The monoisotopic (exact) mass is 384 g/mol. The molecule has 25 heavy (non-hydrogen) atoms. The molecule has 0 spiro atoms. The Hall–Kier alpha value is -1.42. The van der Waals surface area contributed by atoms with E-state index in [9.17, 15) is 44.3 Å². The SMILES string of the molecule is O=C(OCCC(F)(F)C(F)(F)C(F)(F)C(F)(F)F)C1CC2C=CC1C2. The fourth-order valence-corrected chi connectivity index (χ4v) is 3.00. The van der Waals surface area contributed by atoms with Gasteiger partial charge in [0.2, 0.25) is 0 Å². The average Bonchev–Trinajstić information content (AvgIpc) is 3.07. The first-order valence-corrected chi connectivity index (χ1v) is 7.26. The quantitative estimate of drug-likeness (QED) is 0.380. The number of alkyl halides is 9. The number of hydrogen-bond donors (Lipinski definition) is 0. The van der Waals surface area contributed by atoms with Crippen molar-refractivity contribution in [3.05, 3.63) is 12.2 Å². The van der Waals surface area contributed by atoms with Crippen LogP contribution in [0.1, 0.15) is 19.3 Å². The predicted molar refractivity (Wildman–Crippen MR) is 65.3 cm³/mol. The highest BCUT2D eigenvalue weighted by Gasteiger charge is 2.81. The molecule has 2 bridgehead atoms. The molecule has 0 N–H and O–H groups in total. The first-order chi connectivity index (χ1) is 11.2. The topological polar surface area (TPSA) is 26.3 Å². The molecule has 3 atom stereocenters. The molecule has 0 aromatic rings. The number of rotatable bonds is 6. The summed E-state index contributed by atoms with van der Waals surface area (Å²) in [5, 5.41) is 0. The molecule has 2 nitrogen and oxygen atoms in total. The van der Waals surface area contributed by atoms with E-state index in [2.05, 4.69) is 4.74 Å². The normalized spacial score (nSPS) is 27.0. The van der Waals surface area contributed by atoms with Crippen molar-refractivity contribution >= 4 is 5.97 Å². The second-order valence-electron chi connectivity index (χ2n) is 6.16. The molecule has 11 heteroatoms. The van der Waals surface area contributed by atoms with E-state index in [1.54, 1.807) is 6.08 Å². The molecule has 1 fully saturated rings. The van der Waals surface area contributed by atoms with Crippen LogP contribution >= 0.6 is 0 Å². The van der Waals surface area contributed by atoms with Crippen molar-refractivity contribution in [1.82, 2.24) is 0 Å². The number of carbonyl (C=O) groups excluding carboxylic acids is 1. The molecule has 1 saturated carbocycles. The van der Waals surface area contributed by atoms with Gasteiger partial charge in [-0.15, -0.1) is 0 Å². The van der Waals surface area contributed by atoms with Gasteiger partial charge in [-0.2, -0.15) is 39.5 Å². The predicted octanol–water partition coefficient (Wildman–Crippen LogP) is 4.60. The van der Waals surface area contributed by atoms with Crippen LogP contribution in [0.2, 0.25) is 0 Å². The van der Waals surface area contributed by atoms with Crippen LogP contribution in [-0.2, 0) is 9.53 Å². The average molecular weight is 384 g/mol. The molecule has 0 amide bonds. The molecule has 2 aliphatic rings. The number of fused-ring (bicyclic) bond motifs is 2. The minimum Gasteiger partial charge on any atom is -0.465 e. The van der Waals surface area contributed by atoms with E-state index in [1.165, 1.54) is 0 Å². The van der Waals surface area contributed by atoms with Gasteiger partial charge in [0, 0.05) is 0 Å². The standard InChI is InChI=1S/C14H13F9O2/c15-11(16,12(17,18)13(19,20)14(21,22)23)3-4-25-10(24)9-6-7-1-2-8(9)5-7/h1-2,7-9H,3-6H2. The van der Waals surface area contributed by atoms with E-state index in [1.807, 2.05) is 6.08 Å². The van der Waals surface area contributed by atoms with Crippen molar-refractivity contribution in [2.24, 2.45) is 17.8 Å². The van der Waals surface area contributed by atoms with Crippen LogP contribution in [0.4, 0.5) is 39.5 Å². The Morgan fingerprint density at radius 3 is 1.96 bits per heavy atom. The highest BCUT2D eigenvalue weighted by atomic mass is 19.4. The van der Waals surface area contributed by atoms with Crippen molar-refractivity contribution in [3.8, 4) is 0 Å². The summed E-state index contributed by atoms with van der Waals surface area (Å²) in [6, 6.07) is 0. The summed E-state index contributed by atoms with van der Waals surface area (Å²) in [5.74, 6) is -21.0. The van der Waals surface area contributed by atoms with Gasteiger partial charge in [0.1, 0.15) is 0 Å². The molecule has 144 valence electrons. The van der Waals surface area contributed by atoms with Crippen molar-refractivity contribution in [3.63, 3.8) is 0 Å². The lowest BCUT2D eigenvalue weighted by molar-refractivity contribution is -0.397. The van der Waals surface area contributed by atoms with E-state index in [0.717, 1.165) is 0 Å². The number of halogens is 9. The van der Waals surface area contributed by atoms with E-state index in [0.29, 0.717) is 12.8 Å². The smallest absolute Gasteiger partial charge is 0.460 e. The van der Waals surface area contributed by atoms with Gasteiger partial charge < -0.3 is 4.74 Å². The van der Waals surface area contributed by atoms with Gasteiger partial charge in [-0.1, -0.05) is 12.2 Å². The molecule has 0 aromatic carbocycles. The zero-order valence-electron chi connectivity index (χ0n) is 12.4. The first-order valence-electron chi connectivity index (χ1n) is 7.26. The summed E-state index contributed by atoms with van der Waals surface area (Å²) in [7, 11) is 0. The fourth-order valence-electron chi connectivity index (χ4n) is 3.00. The lowest BCUT2D eigenvalue weighted by Crippen LogP contribution is -2.61. The summed E-state index contributed by atoms with van der Waals surface area (Å²) in [5.41, 5.74) is 0. The maximum absolute atomic E-state index is 13.3. The molecule has 0 heterocycles. The summed E-state index contributed by atoms with van der Waals surface area (Å²) in [6.07, 6.45) is -4.38. The van der Waals surface area contributed by atoms with E-state index in [-0.39, 0.29) is 11.8 Å². The molecule has 2 aliphatic carbocycles. The van der Waals surface area contributed by atoms with Gasteiger partial charge in [0.25, 0.3) is 0 Å². The van der Waals surface area contributed by atoms with Crippen LogP contribution < -0.4 is 0 Å². The number of allylic oxidation sites excluding steroid dienone is 2. The molecule has 2 rings (SSSR count). The van der Waals surface area contributed by atoms with Crippen molar-refractivity contribution < 1.29 is 49.0 Å². The second kappa shape index (κ2) is 6.08. The van der Waals surface area contributed by atoms with Crippen molar-refractivity contribution in [2.75, 3.05) is 6.61 Å². The molecular weight excluding hydrogens is 371 g/mol. The van der Waals surface area contributed by atoms with E-state index < -0.39 is 48.9 Å². The Morgan fingerprint density at radius 2 is 1.52 bits per heavy atom. The Labute approximate surface area is 136 Å². The fraction of sp³-hybridized carbons (Fsp3) is 0.786. The molecule has 0 radical (unpaired) electrons. The van der Waals surface area contributed by atoms with Gasteiger partial charge in [-0.3, -0.25) is 4.79 Å². The van der Waals surface area contributed by atoms with Crippen LogP contribution in [0.3, 0.4) is 0 Å². The molecule has 0 aliphatic heterocycles. The third-order valence-corrected chi connectivity index (χ3v) is 4.45. The number of hydrogen-bond acceptors (Lipinski definition) is 2. The third-order valence-electron chi connectivity index (χ3n) is 4.45. The lowest BCUT2D eigenvalue weighted by atomic mass is 9.94. The number of ether oxygens (including phenoxy) is 1. The van der Waals surface area contributed by atoms with Crippen LogP contribution in [-0.4, -0.2) is 36.5 Å². The van der Waals surface area contributed by atoms with Gasteiger partial charge >= 0.3 is 29.9 Å². The van der Waals surface area contributed by atoms with E-state index in [4.69, 9.17) is 0 Å². The molecule has 3 unspecified atom stereocenters. The zero-order valence-corrected chi connectivity index (χ0v) is 12.4. The molecule has 0 saturated heterocycles. The number of esters is 1. The largest absolute Gasteiger partial charge is 0.465 e. The Morgan fingerprint density at radius 1 is 0.920 bits per heavy atom. The Kier molecular flexibility index (Phi) is 4.84. The molecule has 0 aromatic heterocycles. The maximum Gasteiger partial charge on any atom is 0.460 e. The summed E-state index contributed by atoms with van der Waals surface area (Å²) >= 11 is 0. The summed E-state index contributed by atoms with van der Waals surface area (Å²) < 4.78 is 118.